The monoisotopic (exact) mass is 377 g/mol. The van der Waals surface area contributed by atoms with Gasteiger partial charge in [-0.15, -0.1) is 11.3 Å². The predicted octanol–water partition coefficient (Wildman–Crippen LogP) is 3.78. The van der Waals surface area contributed by atoms with Crippen molar-refractivity contribution in [3.8, 4) is 5.75 Å². The molecule has 0 unspecified atom stereocenters. The summed E-state index contributed by atoms with van der Waals surface area (Å²) in [5.41, 5.74) is 1.18. The van der Waals surface area contributed by atoms with E-state index in [-0.39, 0.29) is 11.3 Å². The largest absolute Gasteiger partial charge is 0.502 e. The van der Waals surface area contributed by atoms with Crippen molar-refractivity contribution >= 4 is 43.3 Å². The van der Waals surface area contributed by atoms with E-state index in [1.807, 2.05) is 29.6 Å². The van der Waals surface area contributed by atoms with Crippen LogP contribution in [0.15, 0.2) is 45.0 Å². The zero-order chi connectivity index (χ0) is 15.9. The summed E-state index contributed by atoms with van der Waals surface area (Å²) in [5.74, 6) is -0.780. The fourth-order valence-electron chi connectivity index (χ4n) is 2.41. The highest BCUT2D eigenvalue weighted by atomic mass is 79.9. The van der Waals surface area contributed by atoms with Gasteiger partial charge in [0, 0.05) is 4.47 Å². The van der Waals surface area contributed by atoms with E-state index in [4.69, 9.17) is 0 Å². The van der Waals surface area contributed by atoms with E-state index in [0.717, 1.165) is 10.0 Å². The van der Waals surface area contributed by atoms with E-state index in [0.29, 0.717) is 16.8 Å². The summed E-state index contributed by atoms with van der Waals surface area (Å²) < 4.78 is 3.09. The fraction of sp³-hybridized carbons (Fsp3) is 0.125. The van der Waals surface area contributed by atoms with Crippen LogP contribution in [0.4, 0.5) is 0 Å². The van der Waals surface area contributed by atoms with Crippen molar-refractivity contribution < 1.29 is 9.90 Å². The minimum atomic E-state index is -0.543. The molecule has 0 atom stereocenters. The van der Waals surface area contributed by atoms with Crippen molar-refractivity contribution in [3.05, 3.63) is 61.7 Å². The molecule has 3 rings (SSSR count). The van der Waals surface area contributed by atoms with E-state index in [9.17, 15) is 14.7 Å². The summed E-state index contributed by atoms with van der Waals surface area (Å²) in [6.45, 7) is 1.69. The van der Waals surface area contributed by atoms with Crippen LogP contribution >= 0.6 is 27.3 Å². The zero-order valence-corrected chi connectivity index (χ0v) is 14.1. The van der Waals surface area contributed by atoms with Crippen molar-refractivity contribution in [1.29, 1.82) is 0 Å². The Morgan fingerprint density at radius 2 is 1.95 bits per heavy atom. The number of halogens is 1. The van der Waals surface area contributed by atoms with Crippen LogP contribution in [0, 0.1) is 0 Å². The van der Waals surface area contributed by atoms with Gasteiger partial charge in [0.05, 0.1) is 22.3 Å². The number of aromatic nitrogens is 1. The highest BCUT2D eigenvalue weighted by molar-refractivity contribution is 9.10. The number of ketones is 1. The van der Waals surface area contributed by atoms with Crippen molar-refractivity contribution in [2.75, 3.05) is 0 Å². The van der Waals surface area contributed by atoms with Crippen LogP contribution in [0.3, 0.4) is 0 Å². The number of Topliss-reactive ketones (excluding diaryl/α,β-unsaturated/α-hetero) is 1. The maximum Gasteiger partial charge on any atom is 0.294 e. The number of carbonyl (C=O) groups excluding carboxylic acids is 1. The number of nitrogens with zero attached hydrogens (tertiary/aromatic N) is 1. The molecule has 1 N–H and O–H groups in total. The average Bonchev–Trinajstić information content (AvgIpc) is 2.94. The Morgan fingerprint density at radius 1 is 1.27 bits per heavy atom. The smallest absolute Gasteiger partial charge is 0.294 e. The number of carbonyl (C=O) groups is 1. The molecule has 3 aromatic rings. The molecule has 0 spiro atoms. The molecule has 0 aliphatic rings. The Bertz CT molecular complexity index is 925. The Hall–Kier alpha value is -1.92. The van der Waals surface area contributed by atoms with Gasteiger partial charge in [-0.3, -0.25) is 14.2 Å². The second kappa shape index (κ2) is 5.70. The highest BCUT2D eigenvalue weighted by Gasteiger charge is 2.20. The normalized spacial score (nSPS) is 11.0. The van der Waals surface area contributed by atoms with Gasteiger partial charge >= 0.3 is 0 Å². The van der Waals surface area contributed by atoms with Gasteiger partial charge in [0.25, 0.3) is 5.56 Å². The lowest BCUT2D eigenvalue weighted by Gasteiger charge is -2.11. The number of thiophene rings is 1. The molecular formula is C16H12BrNO3S. The molecule has 0 saturated heterocycles. The zero-order valence-electron chi connectivity index (χ0n) is 11.7. The van der Waals surface area contributed by atoms with Crippen LogP contribution in [0.1, 0.15) is 22.8 Å². The molecule has 0 aliphatic carbocycles. The SMILES string of the molecule is CC(=O)c1c(O)c(=O)n(Cc2ccc(Br)cc2)c2ccsc12. The van der Waals surface area contributed by atoms with E-state index < -0.39 is 11.3 Å². The van der Waals surface area contributed by atoms with Crippen molar-refractivity contribution in [2.45, 2.75) is 13.5 Å². The van der Waals surface area contributed by atoms with Crippen LogP contribution in [0.5, 0.6) is 5.75 Å². The average molecular weight is 378 g/mol. The van der Waals surface area contributed by atoms with Crippen LogP contribution < -0.4 is 5.56 Å². The lowest BCUT2D eigenvalue weighted by atomic mass is 10.1. The summed E-state index contributed by atoms with van der Waals surface area (Å²) in [4.78, 5) is 24.2. The first-order valence-corrected chi connectivity index (χ1v) is 8.24. The molecule has 0 aliphatic heterocycles. The standard InChI is InChI=1S/C16H12BrNO3S/c1-9(19)13-14(20)16(21)18(12-6-7-22-15(12)13)8-10-2-4-11(17)5-3-10/h2-7,20H,8H2,1H3. The van der Waals surface area contributed by atoms with Crippen LogP contribution in [0.2, 0.25) is 0 Å². The number of hydrogen-bond acceptors (Lipinski definition) is 4. The van der Waals surface area contributed by atoms with Gasteiger partial charge in [0.15, 0.2) is 11.5 Å². The molecule has 0 saturated carbocycles. The summed E-state index contributed by atoms with van der Waals surface area (Å²) in [6.07, 6.45) is 0. The lowest BCUT2D eigenvalue weighted by Crippen LogP contribution is -2.22. The van der Waals surface area contributed by atoms with Gasteiger partial charge in [0.1, 0.15) is 0 Å². The Labute approximate surface area is 138 Å². The quantitative estimate of drug-likeness (QED) is 0.706. The van der Waals surface area contributed by atoms with Gasteiger partial charge < -0.3 is 5.11 Å². The summed E-state index contributed by atoms with van der Waals surface area (Å²) >= 11 is 4.72. The number of benzene rings is 1. The molecule has 112 valence electrons. The van der Waals surface area contributed by atoms with Crippen LogP contribution in [-0.2, 0) is 6.54 Å². The number of pyridine rings is 1. The van der Waals surface area contributed by atoms with Crippen LogP contribution in [0.25, 0.3) is 10.2 Å². The first-order chi connectivity index (χ1) is 10.5. The topological polar surface area (TPSA) is 59.3 Å². The van der Waals surface area contributed by atoms with Gasteiger partial charge in [-0.2, -0.15) is 0 Å². The Balaban J connectivity index is 2.22. The first-order valence-electron chi connectivity index (χ1n) is 6.57. The third-order valence-corrected chi connectivity index (χ3v) is 4.90. The van der Waals surface area contributed by atoms with Crippen molar-refractivity contribution in [2.24, 2.45) is 0 Å². The van der Waals surface area contributed by atoms with Gasteiger partial charge in [0.2, 0.25) is 0 Å². The van der Waals surface area contributed by atoms with E-state index in [1.165, 1.54) is 22.8 Å². The van der Waals surface area contributed by atoms with Gasteiger partial charge in [-0.1, -0.05) is 28.1 Å². The third-order valence-electron chi connectivity index (χ3n) is 3.45. The highest BCUT2D eigenvalue weighted by Crippen LogP contribution is 2.29. The maximum absolute atomic E-state index is 12.4. The molecule has 1 aromatic carbocycles. The van der Waals surface area contributed by atoms with Crippen molar-refractivity contribution in [1.82, 2.24) is 4.57 Å². The lowest BCUT2D eigenvalue weighted by molar-refractivity contribution is 0.101. The maximum atomic E-state index is 12.4. The minimum absolute atomic E-state index is 0.113. The third kappa shape index (κ3) is 2.48. The minimum Gasteiger partial charge on any atom is -0.502 e. The Kier molecular flexibility index (Phi) is 3.88. The van der Waals surface area contributed by atoms with Gasteiger partial charge in [-0.05, 0) is 36.1 Å². The summed E-state index contributed by atoms with van der Waals surface area (Å²) in [6, 6.07) is 9.41. The van der Waals surface area contributed by atoms with E-state index in [1.54, 1.807) is 6.07 Å². The Morgan fingerprint density at radius 3 is 2.59 bits per heavy atom. The second-order valence-electron chi connectivity index (χ2n) is 4.93. The molecular weight excluding hydrogens is 366 g/mol. The van der Waals surface area contributed by atoms with Crippen molar-refractivity contribution in [3.63, 3.8) is 0 Å². The summed E-state index contributed by atoms with van der Waals surface area (Å²) in [7, 11) is 0. The van der Waals surface area contributed by atoms with E-state index >= 15 is 0 Å². The molecule has 4 nitrogen and oxygen atoms in total. The molecule has 6 heteroatoms. The molecule has 0 bridgehead atoms. The number of hydrogen-bond donors (Lipinski definition) is 1. The predicted molar refractivity (Wildman–Crippen MR) is 91.0 cm³/mol. The molecule has 2 aromatic heterocycles. The molecule has 22 heavy (non-hydrogen) atoms. The fourth-order valence-corrected chi connectivity index (χ4v) is 3.66. The summed E-state index contributed by atoms with van der Waals surface area (Å²) in [5, 5.41) is 11.9. The molecule has 0 fully saturated rings. The van der Waals surface area contributed by atoms with Crippen LogP contribution in [-0.4, -0.2) is 15.5 Å². The second-order valence-corrected chi connectivity index (χ2v) is 6.76. The number of aromatic hydroxyl groups is 1. The van der Waals surface area contributed by atoms with E-state index in [2.05, 4.69) is 15.9 Å². The number of rotatable bonds is 3. The molecule has 0 amide bonds. The molecule has 0 radical (unpaired) electrons. The number of fused-ring (bicyclic) bond motifs is 1. The molecule has 2 heterocycles. The first kappa shape index (κ1) is 15.0. The van der Waals surface area contributed by atoms with Gasteiger partial charge in [-0.25, -0.2) is 0 Å².